The highest BCUT2D eigenvalue weighted by Gasteiger charge is 2.32. The van der Waals surface area contributed by atoms with Gasteiger partial charge in [0, 0.05) is 10.4 Å². The number of benzene rings is 2. The number of aliphatic hydroxyl groups is 1. The molecule has 25 heavy (non-hydrogen) atoms. The van der Waals surface area contributed by atoms with E-state index in [-0.39, 0.29) is 5.52 Å². The molecule has 1 heterocycles. The molecule has 1 N–H and O–H groups in total. The Balaban J connectivity index is 2.38. The van der Waals surface area contributed by atoms with E-state index in [4.69, 9.17) is 11.6 Å². The molecule has 3 rings (SSSR count). The number of aryl methyl sites for hydroxylation is 1. The van der Waals surface area contributed by atoms with Crippen LogP contribution in [-0.4, -0.2) is 10.1 Å². The Morgan fingerprint density at radius 1 is 1.08 bits per heavy atom. The number of aliphatic hydroxyl groups excluding tert-OH is 1. The monoisotopic (exact) mass is 365 g/mol. The van der Waals surface area contributed by atoms with Crippen molar-refractivity contribution in [3.8, 4) is 11.1 Å². The summed E-state index contributed by atoms with van der Waals surface area (Å²) in [5.74, 6) is 0. The smallest absolute Gasteiger partial charge is 0.389 e. The summed E-state index contributed by atoms with van der Waals surface area (Å²) < 4.78 is 38.9. The summed E-state index contributed by atoms with van der Waals surface area (Å²) in [6.45, 7) is 3.38. The van der Waals surface area contributed by atoms with Crippen molar-refractivity contribution in [1.29, 1.82) is 0 Å². The summed E-state index contributed by atoms with van der Waals surface area (Å²) in [5.41, 5.74) is 2.07. The number of halogens is 4. The van der Waals surface area contributed by atoms with Crippen molar-refractivity contribution in [2.75, 3.05) is 0 Å². The Morgan fingerprint density at radius 2 is 1.72 bits per heavy atom. The van der Waals surface area contributed by atoms with Gasteiger partial charge in [0.05, 0.1) is 11.6 Å². The minimum Gasteiger partial charge on any atom is -0.389 e. The van der Waals surface area contributed by atoms with Gasteiger partial charge in [0.15, 0.2) is 0 Å². The first-order valence-electron chi connectivity index (χ1n) is 7.64. The highest BCUT2D eigenvalue weighted by Crippen LogP contribution is 2.39. The molecule has 0 saturated carbocycles. The molecule has 3 aromatic rings. The molecule has 6 heteroatoms. The lowest BCUT2D eigenvalue weighted by atomic mass is 9.89. The van der Waals surface area contributed by atoms with Crippen LogP contribution in [0.4, 0.5) is 13.2 Å². The molecule has 130 valence electrons. The molecule has 0 bridgehead atoms. The fourth-order valence-electron chi connectivity index (χ4n) is 3.05. The molecule has 0 saturated heterocycles. The second kappa shape index (κ2) is 6.32. The minimum atomic E-state index is -4.51. The van der Waals surface area contributed by atoms with E-state index in [2.05, 4.69) is 4.98 Å². The SMILES string of the molecule is Cc1cc2nc(C(F)(F)F)ccc2c(-c2ccc(Cl)cc2)c1C(C)O. The Labute approximate surface area is 147 Å². The van der Waals surface area contributed by atoms with Gasteiger partial charge in [0.1, 0.15) is 5.69 Å². The summed E-state index contributed by atoms with van der Waals surface area (Å²) in [6, 6.07) is 10.9. The van der Waals surface area contributed by atoms with Crippen molar-refractivity contribution in [2.24, 2.45) is 0 Å². The van der Waals surface area contributed by atoms with E-state index in [0.29, 0.717) is 27.1 Å². The van der Waals surface area contributed by atoms with Crippen molar-refractivity contribution < 1.29 is 18.3 Å². The maximum atomic E-state index is 13.0. The van der Waals surface area contributed by atoms with Gasteiger partial charge in [0.2, 0.25) is 0 Å². The second-order valence-corrected chi connectivity index (χ2v) is 6.36. The van der Waals surface area contributed by atoms with E-state index in [9.17, 15) is 18.3 Å². The van der Waals surface area contributed by atoms with Crippen molar-refractivity contribution in [3.63, 3.8) is 0 Å². The molecule has 0 aliphatic heterocycles. The van der Waals surface area contributed by atoms with Crippen LogP contribution in [0.2, 0.25) is 5.02 Å². The third-order valence-electron chi connectivity index (χ3n) is 4.08. The highest BCUT2D eigenvalue weighted by atomic mass is 35.5. The van der Waals surface area contributed by atoms with Gasteiger partial charge in [-0.15, -0.1) is 0 Å². The van der Waals surface area contributed by atoms with E-state index >= 15 is 0 Å². The number of nitrogens with zero attached hydrogens (tertiary/aromatic N) is 1. The predicted octanol–water partition coefficient (Wildman–Crippen LogP) is 5.94. The number of hydrogen-bond acceptors (Lipinski definition) is 2. The maximum absolute atomic E-state index is 13.0. The number of rotatable bonds is 2. The highest BCUT2D eigenvalue weighted by molar-refractivity contribution is 6.30. The summed E-state index contributed by atoms with van der Waals surface area (Å²) in [5, 5.41) is 11.3. The van der Waals surface area contributed by atoms with E-state index in [1.807, 2.05) is 0 Å². The van der Waals surface area contributed by atoms with Gasteiger partial charge in [-0.3, -0.25) is 0 Å². The van der Waals surface area contributed by atoms with Crippen molar-refractivity contribution in [3.05, 3.63) is 64.3 Å². The van der Waals surface area contributed by atoms with E-state index in [1.165, 1.54) is 6.07 Å². The van der Waals surface area contributed by atoms with Crippen LogP contribution in [0, 0.1) is 6.92 Å². The summed E-state index contributed by atoms with van der Waals surface area (Å²) in [7, 11) is 0. The molecular weight excluding hydrogens is 351 g/mol. The van der Waals surface area contributed by atoms with Crippen LogP contribution >= 0.6 is 11.6 Å². The zero-order valence-corrected chi connectivity index (χ0v) is 14.3. The van der Waals surface area contributed by atoms with Crippen LogP contribution in [0.5, 0.6) is 0 Å². The third-order valence-corrected chi connectivity index (χ3v) is 4.33. The fourth-order valence-corrected chi connectivity index (χ4v) is 3.17. The third kappa shape index (κ3) is 3.34. The lowest BCUT2D eigenvalue weighted by Crippen LogP contribution is -2.08. The van der Waals surface area contributed by atoms with Crippen LogP contribution in [-0.2, 0) is 6.18 Å². The van der Waals surface area contributed by atoms with Gasteiger partial charge in [-0.25, -0.2) is 4.98 Å². The zero-order chi connectivity index (χ0) is 18.4. The quantitative estimate of drug-likeness (QED) is 0.610. The molecule has 2 aromatic carbocycles. The summed E-state index contributed by atoms with van der Waals surface area (Å²) in [6.07, 6.45) is -5.29. The van der Waals surface area contributed by atoms with Crippen molar-refractivity contribution in [2.45, 2.75) is 26.1 Å². The first kappa shape index (κ1) is 17.7. The molecule has 0 fully saturated rings. The largest absolute Gasteiger partial charge is 0.433 e. The van der Waals surface area contributed by atoms with Crippen LogP contribution in [0.3, 0.4) is 0 Å². The van der Waals surface area contributed by atoms with E-state index in [0.717, 1.165) is 11.6 Å². The summed E-state index contributed by atoms with van der Waals surface area (Å²) >= 11 is 5.94. The van der Waals surface area contributed by atoms with Gasteiger partial charge >= 0.3 is 6.18 Å². The molecule has 1 unspecified atom stereocenters. The van der Waals surface area contributed by atoms with Crippen molar-refractivity contribution in [1.82, 2.24) is 4.98 Å². The number of aromatic nitrogens is 1. The lowest BCUT2D eigenvalue weighted by Gasteiger charge is -2.19. The molecule has 0 aliphatic rings. The van der Waals surface area contributed by atoms with Gasteiger partial charge in [0.25, 0.3) is 0 Å². The standard InChI is InChI=1S/C19H15ClF3NO/c1-10-9-15-14(7-8-16(24-15)19(21,22)23)18(17(10)11(2)25)12-3-5-13(20)6-4-12/h3-9,11,25H,1-2H3. The molecule has 0 spiro atoms. The zero-order valence-electron chi connectivity index (χ0n) is 13.5. The van der Waals surface area contributed by atoms with Crippen LogP contribution in [0.1, 0.15) is 29.8 Å². The van der Waals surface area contributed by atoms with E-state index < -0.39 is 18.0 Å². The molecule has 0 amide bonds. The Morgan fingerprint density at radius 3 is 2.28 bits per heavy atom. The Bertz CT molecular complexity index is 934. The van der Waals surface area contributed by atoms with Crippen molar-refractivity contribution >= 4 is 22.5 Å². The van der Waals surface area contributed by atoms with Crippen LogP contribution in [0.25, 0.3) is 22.0 Å². The maximum Gasteiger partial charge on any atom is 0.433 e. The first-order chi connectivity index (χ1) is 11.7. The average molecular weight is 366 g/mol. The molecule has 2 nitrogen and oxygen atoms in total. The fraction of sp³-hybridized carbons (Fsp3) is 0.211. The molecule has 1 aromatic heterocycles. The number of hydrogen-bond donors (Lipinski definition) is 1. The van der Waals surface area contributed by atoms with Gasteiger partial charge in [-0.1, -0.05) is 29.8 Å². The van der Waals surface area contributed by atoms with Gasteiger partial charge < -0.3 is 5.11 Å². The number of pyridine rings is 1. The Hall–Kier alpha value is -2.11. The lowest BCUT2D eigenvalue weighted by molar-refractivity contribution is -0.140. The van der Waals surface area contributed by atoms with Gasteiger partial charge in [-0.05, 0) is 60.4 Å². The van der Waals surface area contributed by atoms with Gasteiger partial charge in [-0.2, -0.15) is 13.2 Å². The topological polar surface area (TPSA) is 33.1 Å². The first-order valence-corrected chi connectivity index (χ1v) is 8.01. The van der Waals surface area contributed by atoms with Crippen LogP contribution in [0.15, 0.2) is 42.5 Å². The molecule has 0 radical (unpaired) electrons. The Kier molecular flexibility index (Phi) is 4.47. The molecular formula is C19H15ClF3NO. The number of fused-ring (bicyclic) bond motifs is 1. The van der Waals surface area contributed by atoms with Crippen LogP contribution < -0.4 is 0 Å². The minimum absolute atomic E-state index is 0.238. The predicted molar refractivity (Wildman–Crippen MR) is 92.6 cm³/mol. The average Bonchev–Trinajstić information content (AvgIpc) is 2.52. The van der Waals surface area contributed by atoms with E-state index in [1.54, 1.807) is 44.2 Å². The summed E-state index contributed by atoms with van der Waals surface area (Å²) in [4.78, 5) is 3.78. The normalized spacial score (nSPS) is 13.2. The number of alkyl halides is 3. The molecule has 0 aliphatic carbocycles. The second-order valence-electron chi connectivity index (χ2n) is 5.93. The molecule has 1 atom stereocenters.